The number of aryl methyl sites for hydroxylation is 2. The first kappa shape index (κ1) is 21.3. The lowest BCUT2D eigenvalue weighted by Gasteiger charge is -2.29. The van der Waals surface area contributed by atoms with E-state index < -0.39 is 16.1 Å². The quantitative estimate of drug-likeness (QED) is 0.785. The van der Waals surface area contributed by atoms with E-state index in [1.165, 1.54) is 11.6 Å². The van der Waals surface area contributed by atoms with Crippen LogP contribution in [-0.2, 0) is 14.8 Å². The summed E-state index contributed by atoms with van der Waals surface area (Å²) in [6, 6.07) is 11.3. The molecule has 2 atom stereocenters. The second-order valence-corrected chi connectivity index (χ2v) is 9.08. The smallest absolute Gasteiger partial charge is 0.244 e. The minimum atomic E-state index is -3.68. The molecular formula is C20H25ClN2O3S. The summed E-state index contributed by atoms with van der Waals surface area (Å²) in [4.78, 5) is 12.8. The Hall–Kier alpha value is -2.05. The van der Waals surface area contributed by atoms with Gasteiger partial charge in [0.1, 0.15) is 6.04 Å². The van der Waals surface area contributed by atoms with Crippen molar-refractivity contribution < 1.29 is 13.2 Å². The van der Waals surface area contributed by atoms with Crippen LogP contribution in [0.25, 0.3) is 0 Å². The summed E-state index contributed by atoms with van der Waals surface area (Å²) in [6.07, 6.45) is 1.07. The van der Waals surface area contributed by atoms with Gasteiger partial charge in [-0.15, -0.1) is 0 Å². The van der Waals surface area contributed by atoms with Crippen molar-refractivity contribution in [2.75, 3.05) is 10.6 Å². The van der Waals surface area contributed by atoms with Gasteiger partial charge in [0.15, 0.2) is 0 Å². The maximum Gasteiger partial charge on any atom is 0.244 e. The van der Waals surface area contributed by atoms with Gasteiger partial charge in [0.05, 0.1) is 18.0 Å². The van der Waals surface area contributed by atoms with Crippen molar-refractivity contribution in [1.82, 2.24) is 5.32 Å². The van der Waals surface area contributed by atoms with Crippen LogP contribution in [0.2, 0.25) is 5.02 Å². The minimum absolute atomic E-state index is 0.250. The summed E-state index contributed by atoms with van der Waals surface area (Å²) >= 11 is 5.99. The summed E-state index contributed by atoms with van der Waals surface area (Å²) in [5, 5.41) is 3.30. The highest BCUT2D eigenvalue weighted by Crippen LogP contribution is 2.25. The molecule has 0 fully saturated rings. The lowest BCUT2D eigenvalue weighted by atomic mass is 10.0. The van der Waals surface area contributed by atoms with Crippen molar-refractivity contribution in [3.05, 3.63) is 64.2 Å². The molecule has 0 aliphatic heterocycles. The van der Waals surface area contributed by atoms with Gasteiger partial charge in [0.25, 0.3) is 0 Å². The van der Waals surface area contributed by atoms with E-state index in [1.54, 1.807) is 25.1 Å². The van der Waals surface area contributed by atoms with Gasteiger partial charge < -0.3 is 5.32 Å². The zero-order valence-electron chi connectivity index (χ0n) is 16.2. The molecule has 7 heteroatoms. The summed E-state index contributed by atoms with van der Waals surface area (Å²) < 4.78 is 25.7. The van der Waals surface area contributed by atoms with Gasteiger partial charge >= 0.3 is 0 Å². The largest absolute Gasteiger partial charge is 0.348 e. The number of sulfonamides is 1. The Kier molecular flexibility index (Phi) is 6.54. The van der Waals surface area contributed by atoms with E-state index in [-0.39, 0.29) is 11.9 Å². The summed E-state index contributed by atoms with van der Waals surface area (Å²) in [5.74, 6) is -0.383. The highest BCUT2D eigenvalue weighted by atomic mass is 35.5. The van der Waals surface area contributed by atoms with Crippen LogP contribution in [-0.4, -0.2) is 26.6 Å². The Morgan fingerprint density at radius 1 is 1.07 bits per heavy atom. The maximum absolute atomic E-state index is 12.8. The zero-order chi connectivity index (χ0) is 20.4. The number of hydrogen-bond donors (Lipinski definition) is 1. The topological polar surface area (TPSA) is 66.5 Å². The van der Waals surface area contributed by atoms with Crippen molar-refractivity contribution >= 4 is 33.2 Å². The Labute approximate surface area is 166 Å². The van der Waals surface area contributed by atoms with E-state index in [0.717, 1.165) is 21.7 Å². The second-order valence-electron chi connectivity index (χ2n) is 6.79. The van der Waals surface area contributed by atoms with Crippen LogP contribution < -0.4 is 9.62 Å². The molecule has 0 bridgehead atoms. The average molecular weight is 409 g/mol. The van der Waals surface area contributed by atoms with Crippen molar-refractivity contribution in [3.8, 4) is 0 Å². The zero-order valence-corrected chi connectivity index (χ0v) is 17.7. The molecule has 146 valence electrons. The number of nitrogens with zero attached hydrogens (tertiary/aromatic N) is 1. The third-order valence-corrected chi connectivity index (χ3v) is 6.02. The Balaban J connectivity index is 2.25. The monoisotopic (exact) mass is 408 g/mol. The number of carbonyl (C=O) groups excluding carboxylic acids is 1. The normalized spacial score (nSPS) is 13.7. The van der Waals surface area contributed by atoms with Gasteiger partial charge in [-0.1, -0.05) is 35.9 Å². The van der Waals surface area contributed by atoms with E-state index in [9.17, 15) is 13.2 Å². The maximum atomic E-state index is 12.8. The fourth-order valence-electron chi connectivity index (χ4n) is 2.87. The van der Waals surface area contributed by atoms with Gasteiger partial charge in [-0.25, -0.2) is 8.42 Å². The van der Waals surface area contributed by atoms with Crippen LogP contribution in [0.4, 0.5) is 5.69 Å². The predicted molar refractivity (Wildman–Crippen MR) is 111 cm³/mol. The lowest BCUT2D eigenvalue weighted by molar-refractivity contribution is -0.122. The molecule has 0 spiro atoms. The van der Waals surface area contributed by atoms with E-state index >= 15 is 0 Å². The van der Waals surface area contributed by atoms with Crippen molar-refractivity contribution in [3.63, 3.8) is 0 Å². The third-order valence-electron chi connectivity index (χ3n) is 4.54. The number of hydrogen-bond acceptors (Lipinski definition) is 3. The van der Waals surface area contributed by atoms with Crippen molar-refractivity contribution in [2.24, 2.45) is 0 Å². The number of rotatable bonds is 6. The molecule has 0 aliphatic rings. The van der Waals surface area contributed by atoms with Gasteiger partial charge in [0.2, 0.25) is 15.9 Å². The van der Waals surface area contributed by atoms with Crippen LogP contribution in [0, 0.1) is 13.8 Å². The molecule has 0 aliphatic carbocycles. The van der Waals surface area contributed by atoms with Gasteiger partial charge in [-0.3, -0.25) is 9.10 Å². The molecule has 2 rings (SSSR count). The molecule has 2 aromatic rings. The van der Waals surface area contributed by atoms with Crippen LogP contribution in [0.5, 0.6) is 0 Å². The van der Waals surface area contributed by atoms with Crippen molar-refractivity contribution in [1.29, 1.82) is 0 Å². The minimum Gasteiger partial charge on any atom is -0.348 e. The predicted octanol–water partition coefficient (Wildman–Crippen LogP) is 3.99. The Bertz CT molecular complexity index is 944. The molecule has 0 saturated heterocycles. The standard InChI is InChI=1S/C20H25ClN2O3S/c1-13-9-10-17(11-14(13)2)15(3)22-20(24)16(4)23(27(5,25)26)19-8-6-7-18(21)12-19/h6-12,15-16H,1-5H3,(H,22,24). The van der Waals surface area contributed by atoms with E-state index in [2.05, 4.69) is 5.32 Å². The molecule has 0 aromatic heterocycles. The molecule has 0 heterocycles. The fraction of sp³-hybridized carbons (Fsp3) is 0.350. The van der Waals surface area contributed by atoms with Crippen LogP contribution in [0.1, 0.15) is 36.6 Å². The summed E-state index contributed by atoms with van der Waals surface area (Å²) in [7, 11) is -3.68. The Morgan fingerprint density at radius 3 is 2.30 bits per heavy atom. The highest BCUT2D eigenvalue weighted by Gasteiger charge is 2.30. The average Bonchev–Trinajstić information content (AvgIpc) is 2.56. The lowest BCUT2D eigenvalue weighted by Crippen LogP contribution is -2.48. The first-order valence-corrected chi connectivity index (χ1v) is 10.9. The first-order chi connectivity index (χ1) is 12.5. The number of carbonyl (C=O) groups is 1. The van der Waals surface area contributed by atoms with Gasteiger partial charge in [-0.05, 0) is 62.6 Å². The summed E-state index contributed by atoms with van der Waals surface area (Å²) in [5.41, 5.74) is 3.63. The SMILES string of the molecule is Cc1ccc(C(C)NC(=O)C(C)N(c2cccc(Cl)c2)S(C)(=O)=O)cc1C. The number of anilines is 1. The molecule has 0 saturated carbocycles. The van der Waals surface area contributed by atoms with Crippen molar-refractivity contribution in [2.45, 2.75) is 39.8 Å². The molecule has 2 unspecified atom stereocenters. The number of amides is 1. The second kappa shape index (κ2) is 8.31. The van der Waals surface area contributed by atoms with E-state index in [1.807, 2.05) is 39.0 Å². The molecule has 27 heavy (non-hydrogen) atoms. The third kappa shape index (κ3) is 5.23. The van der Waals surface area contributed by atoms with E-state index in [0.29, 0.717) is 10.7 Å². The molecular weight excluding hydrogens is 384 g/mol. The van der Waals surface area contributed by atoms with Gasteiger partial charge in [0, 0.05) is 5.02 Å². The first-order valence-electron chi connectivity index (χ1n) is 8.63. The molecule has 2 aromatic carbocycles. The fourth-order valence-corrected chi connectivity index (χ4v) is 4.22. The van der Waals surface area contributed by atoms with Crippen LogP contribution in [0.15, 0.2) is 42.5 Å². The van der Waals surface area contributed by atoms with Gasteiger partial charge in [-0.2, -0.15) is 0 Å². The highest BCUT2D eigenvalue weighted by molar-refractivity contribution is 7.92. The molecule has 0 radical (unpaired) electrons. The summed E-state index contributed by atoms with van der Waals surface area (Å²) in [6.45, 7) is 7.48. The van der Waals surface area contributed by atoms with Crippen LogP contribution >= 0.6 is 11.6 Å². The molecule has 1 N–H and O–H groups in total. The molecule has 1 amide bonds. The van der Waals surface area contributed by atoms with Crippen LogP contribution in [0.3, 0.4) is 0 Å². The number of nitrogens with one attached hydrogen (secondary N) is 1. The number of benzene rings is 2. The Morgan fingerprint density at radius 2 is 1.74 bits per heavy atom. The molecule has 5 nitrogen and oxygen atoms in total. The number of halogens is 1. The van der Waals surface area contributed by atoms with E-state index in [4.69, 9.17) is 11.6 Å².